The largest absolute Gasteiger partial charge is 0.391 e. The van der Waals surface area contributed by atoms with Gasteiger partial charge in [-0.1, -0.05) is 12.8 Å². The summed E-state index contributed by atoms with van der Waals surface area (Å²) >= 11 is 0. The molecule has 3 aliphatic heterocycles. The molecule has 0 spiro atoms. The third-order valence-corrected chi connectivity index (χ3v) is 7.84. The molecule has 3 heterocycles. The van der Waals surface area contributed by atoms with E-state index in [-0.39, 0.29) is 6.10 Å². The van der Waals surface area contributed by atoms with Crippen LogP contribution in [0.4, 0.5) is 0 Å². The predicted octanol–water partition coefficient (Wildman–Crippen LogP) is 2.92. The zero-order valence-electron chi connectivity index (χ0n) is 15.1. The van der Waals surface area contributed by atoms with Crippen molar-refractivity contribution in [2.75, 3.05) is 20.2 Å². The highest BCUT2D eigenvalue weighted by atomic mass is 16.5. The fourth-order valence-electron chi connectivity index (χ4n) is 6.48. The average molecular weight is 332 g/mol. The Hall–Kier alpha value is -0.560. The number of nitrogens with zero attached hydrogens (tertiary/aromatic N) is 1. The number of hydrogen-bond donors (Lipinski definition) is 1. The van der Waals surface area contributed by atoms with Crippen LogP contribution in [0.2, 0.25) is 0 Å². The third-order valence-electron chi connectivity index (χ3n) is 7.84. The molecule has 24 heavy (non-hydrogen) atoms. The Kier molecular flexibility index (Phi) is 4.91. The van der Waals surface area contributed by atoms with Crippen molar-refractivity contribution in [3.63, 3.8) is 0 Å². The molecule has 9 unspecified atom stereocenters. The van der Waals surface area contributed by atoms with Crippen LogP contribution in [0.1, 0.15) is 51.4 Å². The van der Waals surface area contributed by atoms with Gasteiger partial charge in [-0.2, -0.15) is 0 Å². The van der Waals surface area contributed by atoms with Crippen LogP contribution in [0, 0.1) is 41.9 Å². The van der Waals surface area contributed by atoms with Crippen molar-refractivity contribution in [2.24, 2.45) is 29.6 Å². The smallest absolute Gasteiger partial charge is 0.0726 e. The van der Waals surface area contributed by atoms with Gasteiger partial charge in [0.1, 0.15) is 0 Å². The van der Waals surface area contributed by atoms with E-state index in [2.05, 4.69) is 10.8 Å². The Morgan fingerprint density at radius 1 is 1.12 bits per heavy atom. The number of aliphatic hydroxyl groups is 1. The molecule has 0 amide bonds. The fourth-order valence-corrected chi connectivity index (χ4v) is 6.48. The lowest BCUT2D eigenvalue weighted by Crippen LogP contribution is -2.59. The summed E-state index contributed by atoms with van der Waals surface area (Å²) in [6.07, 6.45) is 15.8. The van der Waals surface area contributed by atoms with E-state index in [1.54, 1.807) is 0 Å². The van der Waals surface area contributed by atoms with Crippen LogP contribution in [-0.2, 0) is 4.74 Å². The molecule has 5 rings (SSSR count). The Morgan fingerprint density at radius 3 is 2.71 bits per heavy atom. The normalized spacial score (nSPS) is 49.2. The summed E-state index contributed by atoms with van der Waals surface area (Å²) in [5, 5.41) is 11.3. The SMILES string of the molecule is C#CC1CN2CCC1CC2C(O)C1CCCC2CCC(OC)CC21. The Morgan fingerprint density at radius 2 is 2.00 bits per heavy atom. The first kappa shape index (κ1) is 16.9. The molecule has 0 aromatic carbocycles. The van der Waals surface area contributed by atoms with Crippen LogP contribution in [-0.4, -0.2) is 48.5 Å². The Balaban J connectivity index is 1.47. The first-order valence-corrected chi connectivity index (χ1v) is 10.1. The van der Waals surface area contributed by atoms with E-state index in [4.69, 9.17) is 11.2 Å². The van der Waals surface area contributed by atoms with Gasteiger partial charge in [0.25, 0.3) is 0 Å². The summed E-state index contributed by atoms with van der Waals surface area (Å²) in [7, 11) is 1.85. The van der Waals surface area contributed by atoms with Gasteiger partial charge in [-0.25, -0.2) is 0 Å². The first-order valence-electron chi connectivity index (χ1n) is 10.1. The molecule has 3 heteroatoms. The number of aliphatic hydroxyl groups excluding tert-OH is 1. The maximum atomic E-state index is 11.3. The number of methoxy groups -OCH3 is 1. The van der Waals surface area contributed by atoms with Crippen molar-refractivity contribution in [3.05, 3.63) is 0 Å². The van der Waals surface area contributed by atoms with E-state index in [0.717, 1.165) is 31.8 Å². The topological polar surface area (TPSA) is 32.7 Å². The van der Waals surface area contributed by atoms with Gasteiger partial charge in [0.15, 0.2) is 0 Å². The van der Waals surface area contributed by atoms with E-state index < -0.39 is 0 Å². The molecule has 1 N–H and O–H groups in total. The lowest BCUT2D eigenvalue weighted by molar-refractivity contribution is -0.100. The summed E-state index contributed by atoms with van der Waals surface area (Å²) < 4.78 is 5.68. The fraction of sp³-hybridized carbons (Fsp3) is 0.905. The van der Waals surface area contributed by atoms with Gasteiger partial charge in [0, 0.05) is 25.6 Å². The number of terminal acetylenes is 1. The molecule has 5 aliphatic rings. The summed E-state index contributed by atoms with van der Waals surface area (Å²) in [5.41, 5.74) is 0. The summed E-state index contributed by atoms with van der Waals surface area (Å²) in [6, 6.07) is 0.347. The molecule has 3 saturated heterocycles. The van der Waals surface area contributed by atoms with Crippen molar-refractivity contribution in [3.8, 4) is 12.3 Å². The molecular weight excluding hydrogens is 298 g/mol. The van der Waals surface area contributed by atoms with Crippen molar-refractivity contribution in [1.82, 2.24) is 4.90 Å². The van der Waals surface area contributed by atoms with Gasteiger partial charge < -0.3 is 9.84 Å². The van der Waals surface area contributed by atoms with Crippen molar-refractivity contribution in [1.29, 1.82) is 0 Å². The minimum Gasteiger partial charge on any atom is -0.391 e. The molecular formula is C21H33NO2. The van der Waals surface area contributed by atoms with E-state index in [9.17, 15) is 5.11 Å². The van der Waals surface area contributed by atoms with Gasteiger partial charge in [0.05, 0.1) is 12.2 Å². The molecule has 2 bridgehead atoms. The number of piperidine rings is 3. The lowest BCUT2D eigenvalue weighted by atomic mass is 9.61. The highest BCUT2D eigenvalue weighted by Crippen LogP contribution is 2.48. The minimum absolute atomic E-state index is 0.171. The van der Waals surface area contributed by atoms with Crippen molar-refractivity contribution >= 4 is 0 Å². The summed E-state index contributed by atoms with van der Waals surface area (Å²) in [5.74, 6) is 5.99. The van der Waals surface area contributed by atoms with Crippen LogP contribution >= 0.6 is 0 Å². The summed E-state index contributed by atoms with van der Waals surface area (Å²) in [4.78, 5) is 2.51. The van der Waals surface area contributed by atoms with Crippen LogP contribution in [0.25, 0.3) is 0 Å². The van der Waals surface area contributed by atoms with E-state index >= 15 is 0 Å². The molecule has 9 atom stereocenters. The minimum atomic E-state index is -0.171. The highest BCUT2D eigenvalue weighted by molar-refractivity contribution is 5.07. The number of hydrogen-bond acceptors (Lipinski definition) is 3. The van der Waals surface area contributed by atoms with E-state index in [0.29, 0.717) is 35.8 Å². The quantitative estimate of drug-likeness (QED) is 0.807. The highest BCUT2D eigenvalue weighted by Gasteiger charge is 2.48. The van der Waals surface area contributed by atoms with E-state index in [1.807, 2.05) is 7.11 Å². The molecule has 0 aromatic heterocycles. The lowest BCUT2D eigenvalue weighted by Gasteiger charge is -2.53. The molecule has 134 valence electrons. The number of ether oxygens (including phenoxy) is 1. The number of fused-ring (bicyclic) bond motifs is 4. The maximum Gasteiger partial charge on any atom is 0.0726 e. The maximum absolute atomic E-state index is 11.3. The first-order chi connectivity index (χ1) is 11.7. The van der Waals surface area contributed by atoms with Gasteiger partial charge >= 0.3 is 0 Å². The zero-order valence-corrected chi connectivity index (χ0v) is 15.1. The molecule has 2 aliphatic carbocycles. The molecule has 3 nitrogen and oxygen atoms in total. The Labute approximate surface area is 147 Å². The monoisotopic (exact) mass is 331 g/mol. The van der Waals surface area contributed by atoms with Crippen LogP contribution in [0.3, 0.4) is 0 Å². The van der Waals surface area contributed by atoms with Gasteiger partial charge in [-0.05, 0) is 68.7 Å². The second-order valence-electron chi connectivity index (χ2n) is 8.80. The second-order valence-corrected chi connectivity index (χ2v) is 8.80. The Bertz CT molecular complexity index is 487. The van der Waals surface area contributed by atoms with Crippen LogP contribution < -0.4 is 0 Å². The van der Waals surface area contributed by atoms with Crippen molar-refractivity contribution < 1.29 is 9.84 Å². The molecule has 2 saturated carbocycles. The van der Waals surface area contributed by atoms with Crippen LogP contribution in [0.15, 0.2) is 0 Å². The average Bonchev–Trinajstić information content (AvgIpc) is 2.66. The third kappa shape index (κ3) is 2.91. The zero-order chi connectivity index (χ0) is 16.7. The molecule has 5 fully saturated rings. The van der Waals surface area contributed by atoms with Crippen LogP contribution in [0.5, 0.6) is 0 Å². The molecule has 0 aromatic rings. The standard InChI is InChI=1S/C21H33NO2/c1-3-14-13-22-10-9-16(14)11-20(22)21(23)18-6-4-5-15-7-8-17(24-2)12-19(15)18/h1,14-21,23H,4-13H2,2H3. The summed E-state index contributed by atoms with van der Waals surface area (Å²) in [6.45, 7) is 2.14. The molecule has 0 radical (unpaired) electrons. The van der Waals surface area contributed by atoms with Crippen molar-refractivity contribution in [2.45, 2.75) is 69.6 Å². The van der Waals surface area contributed by atoms with Gasteiger partial charge in [0.2, 0.25) is 0 Å². The van der Waals surface area contributed by atoms with E-state index in [1.165, 1.54) is 38.5 Å². The van der Waals surface area contributed by atoms with Gasteiger partial charge in [-0.3, -0.25) is 4.90 Å². The second kappa shape index (κ2) is 6.98. The predicted molar refractivity (Wildman–Crippen MR) is 95.4 cm³/mol. The number of rotatable bonds is 3. The van der Waals surface area contributed by atoms with Gasteiger partial charge in [-0.15, -0.1) is 12.3 Å².